The van der Waals surface area contributed by atoms with Gasteiger partial charge in [0.2, 0.25) is 10.0 Å². The fourth-order valence-electron chi connectivity index (χ4n) is 3.60. The number of sulfonamides is 1. The Labute approximate surface area is 211 Å². The van der Waals surface area contributed by atoms with Gasteiger partial charge in [-0.1, -0.05) is 72.8 Å². The zero-order valence-corrected chi connectivity index (χ0v) is 20.9. The number of carbonyl (C=O) groups excluding carboxylic acids is 1. The number of ether oxygens (including phenoxy) is 1. The smallest absolute Gasteiger partial charge is 0.331 e. The minimum Gasteiger partial charge on any atom is -0.458 e. The molecule has 0 aliphatic carbocycles. The summed E-state index contributed by atoms with van der Waals surface area (Å²) in [6.07, 6.45) is 4.94. The summed E-state index contributed by atoms with van der Waals surface area (Å²) in [6.45, 7) is 0.559. The van der Waals surface area contributed by atoms with Gasteiger partial charge < -0.3 is 4.74 Å². The first-order valence-electron chi connectivity index (χ1n) is 11.4. The van der Waals surface area contributed by atoms with Gasteiger partial charge in [-0.15, -0.1) is 0 Å². The van der Waals surface area contributed by atoms with Gasteiger partial charge in [-0.2, -0.15) is 5.10 Å². The molecule has 0 spiro atoms. The zero-order valence-electron chi connectivity index (χ0n) is 20.1. The van der Waals surface area contributed by atoms with E-state index in [-0.39, 0.29) is 11.5 Å². The molecule has 0 aliphatic rings. The fourth-order valence-corrected chi connectivity index (χ4v) is 4.57. The first-order chi connectivity index (χ1) is 17.3. The van der Waals surface area contributed by atoms with Gasteiger partial charge in [-0.25, -0.2) is 17.5 Å². The lowest BCUT2D eigenvalue weighted by Crippen LogP contribution is -2.22. The maximum atomic E-state index is 12.5. The molecule has 0 unspecified atom stereocenters. The Kier molecular flexibility index (Phi) is 7.77. The Balaban J connectivity index is 1.49. The Morgan fingerprint density at radius 3 is 2.31 bits per heavy atom. The third-order valence-corrected chi connectivity index (χ3v) is 7.29. The zero-order chi connectivity index (χ0) is 25.5. The summed E-state index contributed by atoms with van der Waals surface area (Å²) in [5, 5.41) is 4.75. The van der Waals surface area contributed by atoms with Gasteiger partial charge in [0, 0.05) is 37.5 Å². The summed E-state index contributed by atoms with van der Waals surface area (Å²) in [7, 11) is -0.625. The molecule has 36 heavy (non-hydrogen) atoms. The number of benzene rings is 3. The predicted molar refractivity (Wildman–Crippen MR) is 139 cm³/mol. The standard InChI is InChI=1S/C28H27N3O4S/c1-30(2)36(33,34)26-15-9-12-23(18-26)21-35-27(32)17-16-25-20-31(19-22-10-5-3-6-11-22)29-28(25)24-13-7-4-8-14-24/h3-18,20H,19,21H2,1-2H3. The monoisotopic (exact) mass is 501 g/mol. The Morgan fingerprint density at radius 1 is 0.944 bits per heavy atom. The van der Waals surface area contributed by atoms with Crippen LogP contribution in [0.4, 0.5) is 0 Å². The largest absolute Gasteiger partial charge is 0.458 e. The minimum atomic E-state index is -3.57. The van der Waals surface area contributed by atoms with Gasteiger partial charge in [0.05, 0.1) is 17.1 Å². The average Bonchev–Trinajstić information content (AvgIpc) is 3.30. The van der Waals surface area contributed by atoms with E-state index in [1.54, 1.807) is 18.2 Å². The van der Waals surface area contributed by atoms with Crippen LogP contribution in [0.3, 0.4) is 0 Å². The molecule has 7 nitrogen and oxygen atoms in total. The van der Waals surface area contributed by atoms with Gasteiger partial charge in [0.1, 0.15) is 6.61 Å². The molecule has 0 amide bonds. The summed E-state index contributed by atoms with van der Waals surface area (Å²) in [6, 6.07) is 26.1. The second-order valence-electron chi connectivity index (χ2n) is 8.36. The molecule has 3 aromatic carbocycles. The fraction of sp³-hybridized carbons (Fsp3) is 0.143. The Bertz CT molecular complexity index is 1460. The van der Waals surface area contributed by atoms with Crippen LogP contribution in [-0.2, 0) is 32.7 Å². The predicted octanol–water partition coefficient (Wildman–Crippen LogP) is 4.61. The van der Waals surface area contributed by atoms with E-state index in [2.05, 4.69) is 0 Å². The SMILES string of the molecule is CN(C)S(=O)(=O)c1cccc(COC(=O)C=Cc2cn(Cc3ccccc3)nc2-c2ccccc2)c1. The number of hydrogen-bond donors (Lipinski definition) is 0. The molecule has 8 heteroatoms. The van der Waals surface area contributed by atoms with Crippen molar-refractivity contribution >= 4 is 22.1 Å². The molecule has 0 N–H and O–H groups in total. The first-order valence-corrected chi connectivity index (χ1v) is 12.8. The minimum absolute atomic E-state index is 0.0429. The van der Waals surface area contributed by atoms with Crippen LogP contribution in [0, 0.1) is 0 Å². The van der Waals surface area contributed by atoms with Crippen LogP contribution in [0.2, 0.25) is 0 Å². The van der Waals surface area contributed by atoms with Crippen LogP contribution < -0.4 is 0 Å². The van der Waals surface area contributed by atoms with Crippen molar-refractivity contribution in [3.63, 3.8) is 0 Å². The molecule has 4 aromatic rings. The molecule has 0 saturated heterocycles. The maximum absolute atomic E-state index is 12.5. The maximum Gasteiger partial charge on any atom is 0.331 e. The van der Waals surface area contributed by atoms with E-state index in [1.807, 2.05) is 71.5 Å². The van der Waals surface area contributed by atoms with Crippen molar-refractivity contribution in [1.29, 1.82) is 0 Å². The molecule has 0 aliphatic heterocycles. The molecule has 0 radical (unpaired) electrons. The van der Waals surface area contributed by atoms with Crippen molar-refractivity contribution in [3.05, 3.63) is 114 Å². The van der Waals surface area contributed by atoms with Crippen molar-refractivity contribution < 1.29 is 17.9 Å². The number of hydrogen-bond acceptors (Lipinski definition) is 5. The molecular formula is C28H27N3O4S. The van der Waals surface area contributed by atoms with Crippen molar-refractivity contribution in [2.24, 2.45) is 0 Å². The number of rotatable bonds is 9. The van der Waals surface area contributed by atoms with Gasteiger partial charge >= 0.3 is 5.97 Å². The Hall–Kier alpha value is -4.01. The van der Waals surface area contributed by atoms with E-state index in [0.29, 0.717) is 12.1 Å². The molecular weight excluding hydrogens is 474 g/mol. The quantitative estimate of drug-likeness (QED) is 0.247. The van der Waals surface area contributed by atoms with Gasteiger partial charge in [0.25, 0.3) is 0 Å². The molecule has 0 saturated carbocycles. The highest BCUT2D eigenvalue weighted by Gasteiger charge is 2.17. The normalized spacial score (nSPS) is 11.8. The van der Waals surface area contributed by atoms with Gasteiger partial charge in [0.15, 0.2) is 0 Å². The third kappa shape index (κ3) is 6.16. The molecule has 0 bridgehead atoms. The second kappa shape index (κ2) is 11.2. The van der Waals surface area contributed by atoms with Crippen LogP contribution in [-0.4, -0.2) is 42.6 Å². The first kappa shape index (κ1) is 25.1. The summed E-state index contributed by atoms with van der Waals surface area (Å²) in [5.74, 6) is -0.536. The lowest BCUT2D eigenvalue weighted by molar-refractivity contribution is -0.138. The van der Waals surface area contributed by atoms with Crippen molar-refractivity contribution in [2.75, 3.05) is 14.1 Å². The highest BCUT2D eigenvalue weighted by atomic mass is 32.2. The Morgan fingerprint density at radius 2 is 1.61 bits per heavy atom. The van der Waals surface area contributed by atoms with E-state index < -0.39 is 16.0 Å². The van der Waals surface area contributed by atoms with Crippen molar-refractivity contribution in [3.8, 4) is 11.3 Å². The molecule has 1 aromatic heterocycles. The molecule has 1 heterocycles. The topological polar surface area (TPSA) is 81.5 Å². The molecule has 4 rings (SSSR count). The highest BCUT2D eigenvalue weighted by Crippen LogP contribution is 2.24. The van der Waals surface area contributed by atoms with Crippen molar-refractivity contribution in [1.82, 2.24) is 14.1 Å². The summed E-state index contributed by atoms with van der Waals surface area (Å²) >= 11 is 0. The lowest BCUT2D eigenvalue weighted by Gasteiger charge is -2.12. The summed E-state index contributed by atoms with van der Waals surface area (Å²) in [4.78, 5) is 12.6. The van der Waals surface area contributed by atoms with Crippen LogP contribution in [0.5, 0.6) is 0 Å². The summed E-state index contributed by atoms with van der Waals surface area (Å²) in [5.41, 5.74) is 4.19. The van der Waals surface area contributed by atoms with E-state index >= 15 is 0 Å². The van der Waals surface area contributed by atoms with Gasteiger partial charge in [-0.3, -0.25) is 4.68 Å². The van der Waals surface area contributed by atoms with Crippen LogP contribution in [0.1, 0.15) is 16.7 Å². The van der Waals surface area contributed by atoms with E-state index in [4.69, 9.17) is 9.84 Å². The van der Waals surface area contributed by atoms with E-state index in [9.17, 15) is 13.2 Å². The highest BCUT2D eigenvalue weighted by molar-refractivity contribution is 7.89. The average molecular weight is 502 g/mol. The lowest BCUT2D eigenvalue weighted by atomic mass is 10.1. The number of aromatic nitrogens is 2. The number of esters is 1. The van der Waals surface area contributed by atoms with Gasteiger partial charge in [-0.05, 0) is 29.3 Å². The van der Waals surface area contributed by atoms with Crippen LogP contribution in [0.15, 0.2) is 102 Å². The third-order valence-electron chi connectivity index (χ3n) is 5.48. The van der Waals surface area contributed by atoms with Crippen LogP contribution >= 0.6 is 0 Å². The molecule has 184 valence electrons. The molecule has 0 fully saturated rings. The second-order valence-corrected chi connectivity index (χ2v) is 10.5. The van der Waals surface area contributed by atoms with Crippen molar-refractivity contribution in [2.45, 2.75) is 18.0 Å². The summed E-state index contributed by atoms with van der Waals surface area (Å²) < 4.78 is 33.0. The number of nitrogens with zero attached hydrogens (tertiary/aromatic N) is 3. The van der Waals surface area contributed by atoms with E-state index in [0.717, 1.165) is 26.7 Å². The van der Waals surface area contributed by atoms with E-state index in [1.165, 1.54) is 32.3 Å². The molecule has 0 atom stereocenters. The van der Waals surface area contributed by atoms with Crippen LogP contribution in [0.25, 0.3) is 17.3 Å². The number of carbonyl (C=O) groups is 1.